The molecule has 0 atom stereocenters. The summed E-state index contributed by atoms with van der Waals surface area (Å²) >= 11 is 6.79. The van der Waals surface area contributed by atoms with Gasteiger partial charge in [-0.2, -0.15) is 0 Å². The molecule has 0 saturated heterocycles. The maximum Gasteiger partial charge on any atom is 0.323 e. The number of aromatic nitrogens is 1. The van der Waals surface area contributed by atoms with Crippen LogP contribution in [-0.4, -0.2) is 33.8 Å². The number of rotatable bonds is 5. The Morgan fingerprint density at radius 3 is 2.45 bits per heavy atom. The molecule has 0 unspecified atom stereocenters. The summed E-state index contributed by atoms with van der Waals surface area (Å²) in [5, 5.41) is 11.2. The Morgan fingerprint density at radius 2 is 1.83 bits per heavy atom. The average Bonchev–Trinajstić information content (AvgIpc) is 3.33. The number of benzene rings is 1. The first kappa shape index (κ1) is 20.9. The van der Waals surface area contributed by atoms with Crippen molar-refractivity contribution in [3.63, 3.8) is 0 Å². The second-order valence-corrected chi connectivity index (χ2v) is 8.16. The number of carboxylic acid groups (broad SMARTS) is 1. The van der Waals surface area contributed by atoms with Gasteiger partial charge in [-0.25, -0.2) is 9.88 Å². The zero-order chi connectivity index (χ0) is 21.0. The largest absolute Gasteiger partial charge is 0.481 e. The minimum absolute atomic E-state index is 0.00840. The number of carbonyl (C=O) groups excluding carboxylic acids is 3. The van der Waals surface area contributed by atoms with Gasteiger partial charge in [0.15, 0.2) is 5.13 Å². The van der Waals surface area contributed by atoms with Gasteiger partial charge >= 0.3 is 17.8 Å². The highest BCUT2D eigenvalue weighted by atomic mass is 35.5. The monoisotopic (exact) mass is 435 g/mol. The number of nitrogens with zero attached hydrogens (tertiary/aromatic N) is 2. The van der Waals surface area contributed by atoms with Crippen LogP contribution in [0.5, 0.6) is 0 Å². The topological polar surface area (TPSA) is 117 Å². The van der Waals surface area contributed by atoms with Crippen LogP contribution < -0.4 is 10.2 Å². The van der Waals surface area contributed by atoms with Crippen molar-refractivity contribution in [2.45, 2.75) is 32.1 Å². The fourth-order valence-electron chi connectivity index (χ4n) is 3.17. The lowest BCUT2D eigenvalue weighted by atomic mass is 10.1. The fourth-order valence-corrected chi connectivity index (χ4v) is 4.20. The summed E-state index contributed by atoms with van der Waals surface area (Å²) < 4.78 is 0.108. The number of thiazole rings is 1. The highest BCUT2D eigenvalue weighted by Gasteiger charge is 2.35. The molecule has 1 aromatic carbocycles. The van der Waals surface area contributed by atoms with E-state index in [1.807, 2.05) is 0 Å². The summed E-state index contributed by atoms with van der Waals surface area (Å²) in [5.74, 6) is -3.91. The van der Waals surface area contributed by atoms with Gasteiger partial charge in [-0.1, -0.05) is 54.0 Å². The molecule has 1 aliphatic carbocycles. The molecular formula is C19H18ClN3O5S. The molecule has 3 amide bonds. The Morgan fingerprint density at radius 1 is 1.17 bits per heavy atom. The van der Waals surface area contributed by atoms with Crippen LogP contribution in [0.2, 0.25) is 4.34 Å². The Bertz CT molecular complexity index is 941. The highest BCUT2D eigenvalue weighted by Crippen LogP contribution is 2.30. The quantitative estimate of drug-likeness (QED) is 0.697. The molecule has 1 aliphatic rings. The van der Waals surface area contributed by atoms with Crippen LogP contribution in [0.3, 0.4) is 0 Å². The number of anilines is 2. The van der Waals surface area contributed by atoms with E-state index >= 15 is 0 Å². The van der Waals surface area contributed by atoms with E-state index in [1.165, 1.54) is 0 Å². The van der Waals surface area contributed by atoms with Crippen molar-refractivity contribution in [1.82, 2.24) is 4.98 Å². The molecule has 0 bridgehead atoms. The van der Waals surface area contributed by atoms with Crippen molar-refractivity contribution in [3.05, 3.63) is 40.4 Å². The summed E-state index contributed by atoms with van der Waals surface area (Å²) in [6.45, 7) is 0. The molecule has 2 aromatic rings. The number of carbonyl (C=O) groups is 4. The number of carboxylic acids is 1. The first-order valence-corrected chi connectivity index (χ1v) is 10.2. The van der Waals surface area contributed by atoms with Crippen molar-refractivity contribution in [3.8, 4) is 0 Å². The third-order valence-electron chi connectivity index (χ3n) is 4.53. The third kappa shape index (κ3) is 4.99. The molecule has 0 spiro atoms. The van der Waals surface area contributed by atoms with E-state index in [4.69, 9.17) is 16.7 Å². The molecule has 1 saturated carbocycles. The molecule has 1 aromatic heterocycles. The molecule has 8 nitrogen and oxygen atoms in total. The van der Waals surface area contributed by atoms with Gasteiger partial charge in [0.2, 0.25) is 5.91 Å². The van der Waals surface area contributed by atoms with E-state index in [-0.39, 0.29) is 21.1 Å². The normalized spacial score (nSPS) is 13.8. The first-order valence-electron chi connectivity index (χ1n) is 8.98. The molecule has 29 heavy (non-hydrogen) atoms. The summed E-state index contributed by atoms with van der Waals surface area (Å²) in [6.07, 6.45) is 2.76. The van der Waals surface area contributed by atoms with Crippen molar-refractivity contribution in [1.29, 1.82) is 0 Å². The predicted molar refractivity (Wildman–Crippen MR) is 108 cm³/mol. The maximum atomic E-state index is 12.9. The lowest BCUT2D eigenvalue weighted by Crippen LogP contribution is -2.46. The van der Waals surface area contributed by atoms with Crippen LogP contribution in [0, 0.1) is 5.92 Å². The minimum atomic E-state index is -1.12. The average molecular weight is 436 g/mol. The molecule has 3 rings (SSSR count). The Hall–Kier alpha value is -2.78. The van der Waals surface area contributed by atoms with Gasteiger partial charge in [-0.15, -0.1) is 0 Å². The number of amides is 3. The zero-order valence-corrected chi connectivity index (χ0v) is 16.8. The van der Waals surface area contributed by atoms with Gasteiger partial charge in [0.05, 0.1) is 17.8 Å². The van der Waals surface area contributed by atoms with Crippen molar-refractivity contribution in [2.24, 2.45) is 5.92 Å². The van der Waals surface area contributed by atoms with Crippen LogP contribution >= 0.6 is 22.9 Å². The zero-order valence-electron chi connectivity index (χ0n) is 15.3. The standard InChI is InChI=1S/C19H18ClN3O5S/c20-15-13(10-14(24)25)21-19(29-15)22-16(26)18(28)23(12-8-2-1-3-9-12)17(27)11-6-4-5-7-11/h1-3,8-9,11H,4-7,10H2,(H,24,25)(H,21,22,26). The van der Waals surface area contributed by atoms with Gasteiger partial charge in [-0.05, 0) is 25.0 Å². The number of halogens is 1. The van der Waals surface area contributed by atoms with Crippen LogP contribution in [0.4, 0.5) is 10.8 Å². The summed E-state index contributed by atoms with van der Waals surface area (Å²) in [6, 6.07) is 8.27. The summed E-state index contributed by atoms with van der Waals surface area (Å²) in [5.41, 5.74) is 0.405. The van der Waals surface area contributed by atoms with E-state index in [2.05, 4.69) is 10.3 Å². The maximum absolute atomic E-state index is 12.9. The van der Waals surface area contributed by atoms with Gasteiger partial charge in [0, 0.05) is 5.92 Å². The molecule has 1 fully saturated rings. The second kappa shape index (κ2) is 9.15. The van der Waals surface area contributed by atoms with Gasteiger partial charge in [0.25, 0.3) is 0 Å². The van der Waals surface area contributed by atoms with E-state index in [0.717, 1.165) is 29.1 Å². The van der Waals surface area contributed by atoms with E-state index in [0.29, 0.717) is 18.5 Å². The van der Waals surface area contributed by atoms with Crippen LogP contribution in [0.1, 0.15) is 31.4 Å². The van der Waals surface area contributed by atoms with Crippen LogP contribution in [0.25, 0.3) is 0 Å². The highest BCUT2D eigenvalue weighted by molar-refractivity contribution is 7.19. The van der Waals surface area contributed by atoms with E-state index in [1.54, 1.807) is 30.3 Å². The number of hydrogen-bond donors (Lipinski definition) is 2. The number of imide groups is 1. The van der Waals surface area contributed by atoms with Crippen molar-refractivity contribution < 1.29 is 24.3 Å². The van der Waals surface area contributed by atoms with Gasteiger partial charge in [0.1, 0.15) is 4.34 Å². The Balaban J connectivity index is 1.81. The van der Waals surface area contributed by atoms with E-state index < -0.39 is 30.1 Å². The van der Waals surface area contributed by atoms with E-state index in [9.17, 15) is 19.2 Å². The second-order valence-electron chi connectivity index (χ2n) is 6.56. The predicted octanol–water partition coefficient (Wildman–Crippen LogP) is 3.11. The lowest BCUT2D eigenvalue weighted by molar-refractivity contribution is -0.138. The minimum Gasteiger partial charge on any atom is -0.481 e. The molecule has 10 heteroatoms. The Labute approximate surface area is 175 Å². The molecule has 0 radical (unpaired) electrons. The lowest BCUT2D eigenvalue weighted by Gasteiger charge is -2.23. The first-order chi connectivity index (χ1) is 13.9. The molecule has 152 valence electrons. The SMILES string of the molecule is O=C(O)Cc1nc(NC(=O)C(=O)N(C(=O)C2CCCC2)c2ccccc2)sc1Cl. The molecule has 2 N–H and O–H groups in total. The number of aliphatic carboxylic acids is 1. The number of nitrogens with one attached hydrogen (secondary N) is 1. The molecular weight excluding hydrogens is 418 g/mol. The van der Waals surface area contributed by atoms with Crippen LogP contribution in [0.15, 0.2) is 30.3 Å². The number of hydrogen-bond acceptors (Lipinski definition) is 6. The molecule has 1 heterocycles. The van der Waals surface area contributed by atoms with Gasteiger partial charge < -0.3 is 5.11 Å². The third-order valence-corrected chi connectivity index (χ3v) is 5.78. The molecule has 0 aliphatic heterocycles. The van der Waals surface area contributed by atoms with Crippen molar-refractivity contribution in [2.75, 3.05) is 10.2 Å². The number of para-hydroxylation sites is 1. The summed E-state index contributed by atoms with van der Waals surface area (Å²) in [7, 11) is 0. The fraction of sp³-hybridized carbons (Fsp3) is 0.316. The van der Waals surface area contributed by atoms with Crippen LogP contribution in [-0.2, 0) is 25.6 Å². The smallest absolute Gasteiger partial charge is 0.323 e. The summed E-state index contributed by atoms with van der Waals surface area (Å²) in [4.78, 5) is 54.0. The van der Waals surface area contributed by atoms with Crippen molar-refractivity contribution >= 4 is 57.4 Å². The van der Waals surface area contributed by atoms with Gasteiger partial charge in [-0.3, -0.25) is 24.5 Å². The Kier molecular flexibility index (Phi) is 6.60.